The molecule has 4 N–H and O–H groups in total. The summed E-state index contributed by atoms with van der Waals surface area (Å²) >= 11 is 0. The molecule has 1 rings (SSSR count). The molecule has 88 valence electrons. The van der Waals surface area contributed by atoms with Gasteiger partial charge < -0.3 is 16.2 Å². The normalized spacial score (nSPS) is 11.3. The maximum Gasteiger partial charge on any atom is 0.305 e. The second kappa shape index (κ2) is 5.63. The molecule has 6 heteroatoms. The molecule has 0 aromatic heterocycles. The third kappa shape index (κ3) is 3.93. The molecule has 1 amide bonds. The summed E-state index contributed by atoms with van der Waals surface area (Å²) < 4.78 is 0. The lowest BCUT2D eigenvalue weighted by Gasteiger charge is -2.09. The van der Waals surface area contributed by atoms with Crippen molar-refractivity contribution in [2.45, 2.75) is 12.5 Å². The van der Waals surface area contributed by atoms with Crippen molar-refractivity contribution in [3.05, 3.63) is 29.8 Å². The van der Waals surface area contributed by atoms with Gasteiger partial charge in [-0.15, -0.1) is 0 Å². The average Bonchev–Trinajstić information content (AvgIpc) is 2.29. The van der Waals surface area contributed by atoms with Crippen molar-refractivity contribution in [3.8, 4) is 6.07 Å². The molecule has 0 fully saturated rings. The number of nitrogens with zero attached hydrogens (tertiary/aromatic N) is 1. The molecule has 0 aliphatic heterocycles. The Morgan fingerprint density at radius 1 is 1.41 bits per heavy atom. The number of carbonyl (C=O) groups excluding carboxylic acids is 1. The van der Waals surface area contributed by atoms with Crippen LogP contribution in [-0.2, 0) is 9.59 Å². The van der Waals surface area contributed by atoms with Crippen molar-refractivity contribution >= 4 is 17.6 Å². The maximum atomic E-state index is 11.4. The van der Waals surface area contributed by atoms with E-state index >= 15 is 0 Å². The monoisotopic (exact) mass is 233 g/mol. The molecule has 0 heterocycles. The van der Waals surface area contributed by atoms with E-state index in [-0.39, 0.29) is 0 Å². The number of anilines is 1. The van der Waals surface area contributed by atoms with Gasteiger partial charge in [-0.2, -0.15) is 5.26 Å². The first-order valence-electron chi connectivity index (χ1n) is 4.81. The van der Waals surface area contributed by atoms with E-state index < -0.39 is 24.3 Å². The summed E-state index contributed by atoms with van der Waals surface area (Å²) in [5.41, 5.74) is 6.31. The number of carboxylic acid groups (broad SMARTS) is 1. The van der Waals surface area contributed by atoms with Crippen molar-refractivity contribution in [2.75, 3.05) is 5.32 Å². The van der Waals surface area contributed by atoms with Gasteiger partial charge in [0.1, 0.15) is 0 Å². The van der Waals surface area contributed by atoms with Crippen molar-refractivity contribution < 1.29 is 14.7 Å². The highest BCUT2D eigenvalue weighted by Crippen LogP contribution is 2.09. The number of nitrogens with two attached hydrogens (primary N) is 1. The fourth-order valence-corrected chi connectivity index (χ4v) is 1.14. The van der Waals surface area contributed by atoms with Gasteiger partial charge in [0.05, 0.1) is 24.1 Å². The van der Waals surface area contributed by atoms with Crippen molar-refractivity contribution in [3.63, 3.8) is 0 Å². The number of hydrogen-bond acceptors (Lipinski definition) is 4. The van der Waals surface area contributed by atoms with Gasteiger partial charge in [0.2, 0.25) is 5.91 Å². The largest absolute Gasteiger partial charge is 0.481 e. The van der Waals surface area contributed by atoms with E-state index in [0.29, 0.717) is 11.3 Å². The molecule has 1 aromatic rings. The molecule has 0 radical (unpaired) electrons. The smallest absolute Gasteiger partial charge is 0.305 e. The van der Waals surface area contributed by atoms with Crippen LogP contribution in [0.2, 0.25) is 0 Å². The summed E-state index contributed by atoms with van der Waals surface area (Å²) in [6.45, 7) is 0. The number of carboxylic acids is 1. The lowest BCUT2D eigenvalue weighted by molar-refractivity contribution is -0.138. The van der Waals surface area contributed by atoms with Crippen LogP contribution in [0.1, 0.15) is 12.0 Å². The number of carbonyl (C=O) groups is 2. The number of benzene rings is 1. The van der Waals surface area contributed by atoms with E-state index in [1.807, 2.05) is 6.07 Å². The second-order valence-electron chi connectivity index (χ2n) is 3.38. The maximum absolute atomic E-state index is 11.4. The SMILES string of the molecule is N#Cc1ccc(NC(=O)C(N)CC(=O)O)cc1. The first-order valence-corrected chi connectivity index (χ1v) is 4.81. The molecular weight excluding hydrogens is 222 g/mol. The molecule has 0 saturated heterocycles. The summed E-state index contributed by atoms with van der Waals surface area (Å²) in [7, 11) is 0. The highest BCUT2D eigenvalue weighted by molar-refractivity contribution is 5.96. The van der Waals surface area contributed by atoms with Crippen LogP contribution >= 0.6 is 0 Å². The molecule has 0 saturated carbocycles. The molecular formula is C11H11N3O3. The molecule has 0 spiro atoms. The molecule has 0 bridgehead atoms. The van der Waals surface area contributed by atoms with Crippen LogP contribution in [0.25, 0.3) is 0 Å². The Kier molecular flexibility index (Phi) is 4.20. The number of nitrogens with one attached hydrogen (secondary N) is 1. The Morgan fingerprint density at radius 2 is 2.00 bits per heavy atom. The van der Waals surface area contributed by atoms with Crippen LogP contribution < -0.4 is 11.1 Å². The average molecular weight is 233 g/mol. The minimum Gasteiger partial charge on any atom is -0.481 e. The number of rotatable bonds is 4. The molecule has 1 unspecified atom stereocenters. The van der Waals surface area contributed by atoms with Crippen LogP contribution in [0.15, 0.2) is 24.3 Å². The van der Waals surface area contributed by atoms with E-state index in [1.165, 1.54) is 0 Å². The number of aliphatic carboxylic acids is 1. The lowest BCUT2D eigenvalue weighted by Crippen LogP contribution is -2.37. The van der Waals surface area contributed by atoms with Crippen molar-refractivity contribution in [2.24, 2.45) is 5.73 Å². The summed E-state index contributed by atoms with van der Waals surface area (Å²) in [4.78, 5) is 21.8. The summed E-state index contributed by atoms with van der Waals surface area (Å²) in [5.74, 6) is -1.70. The molecule has 1 atom stereocenters. The molecule has 17 heavy (non-hydrogen) atoms. The van der Waals surface area contributed by atoms with Gasteiger partial charge in [0, 0.05) is 5.69 Å². The Bertz CT molecular complexity index is 462. The van der Waals surface area contributed by atoms with E-state index in [9.17, 15) is 9.59 Å². The van der Waals surface area contributed by atoms with E-state index in [2.05, 4.69) is 5.32 Å². The first kappa shape index (κ1) is 12.7. The second-order valence-corrected chi connectivity index (χ2v) is 3.38. The van der Waals surface area contributed by atoms with E-state index in [0.717, 1.165) is 0 Å². The predicted octanol–water partition coefficient (Wildman–Crippen LogP) is 0.299. The fourth-order valence-electron chi connectivity index (χ4n) is 1.14. The minimum absolute atomic E-state index is 0.428. The van der Waals surface area contributed by atoms with Gasteiger partial charge in [-0.05, 0) is 24.3 Å². The van der Waals surface area contributed by atoms with Crippen LogP contribution in [0, 0.1) is 11.3 Å². The molecule has 0 aliphatic rings. The van der Waals surface area contributed by atoms with Gasteiger partial charge in [-0.3, -0.25) is 9.59 Å². The van der Waals surface area contributed by atoms with Crippen LogP contribution in [-0.4, -0.2) is 23.0 Å². The Balaban J connectivity index is 2.61. The fraction of sp³-hybridized carbons (Fsp3) is 0.182. The Morgan fingerprint density at radius 3 is 2.47 bits per heavy atom. The van der Waals surface area contributed by atoms with Gasteiger partial charge in [0.15, 0.2) is 0 Å². The van der Waals surface area contributed by atoms with Crippen LogP contribution in [0.3, 0.4) is 0 Å². The van der Waals surface area contributed by atoms with E-state index in [1.54, 1.807) is 24.3 Å². The molecule has 6 nitrogen and oxygen atoms in total. The zero-order valence-electron chi connectivity index (χ0n) is 8.88. The van der Waals surface area contributed by atoms with E-state index in [4.69, 9.17) is 16.1 Å². The zero-order valence-corrected chi connectivity index (χ0v) is 8.88. The zero-order chi connectivity index (χ0) is 12.8. The number of hydrogen-bond donors (Lipinski definition) is 3. The minimum atomic E-state index is -1.13. The summed E-state index contributed by atoms with van der Waals surface area (Å²) in [5, 5.41) is 19.5. The quantitative estimate of drug-likeness (QED) is 0.691. The summed E-state index contributed by atoms with van der Waals surface area (Å²) in [6, 6.07) is 7.02. The lowest BCUT2D eigenvalue weighted by atomic mass is 10.2. The first-order chi connectivity index (χ1) is 8.02. The predicted molar refractivity (Wildman–Crippen MR) is 60.0 cm³/mol. The van der Waals surface area contributed by atoms with Crippen molar-refractivity contribution in [1.82, 2.24) is 0 Å². The van der Waals surface area contributed by atoms with Crippen LogP contribution in [0.5, 0.6) is 0 Å². The third-order valence-electron chi connectivity index (χ3n) is 2.01. The van der Waals surface area contributed by atoms with Gasteiger partial charge >= 0.3 is 5.97 Å². The highest BCUT2D eigenvalue weighted by atomic mass is 16.4. The number of nitriles is 1. The van der Waals surface area contributed by atoms with Gasteiger partial charge in [-0.25, -0.2) is 0 Å². The summed E-state index contributed by atoms with van der Waals surface area (Å²) in [6.07, 6.45) is -0.428. The Hall–Kier alpha value is -2.39. The third-order valence-corrected chi connectivity index (χ3v) is 2.01. The molecule has 1 aromatic carbocycles. The molecule has 0 aliphatic carbocycles. The number of amides is 1. The Labute approximate surface area is 97.7 Å². The van der Waals surface area contributed by atoms with Crippen molar-refractivity contribution in [1.29, 1.82) is 5.26 Å². The standard InChI is InChI=1S/C11H11N3O3/c12-6-7-1-3-8(4-2-7)14-11(17)9(13)5-10(15)16/h1-4,9H,5,13H2,(H,14,17)(H,15,16). The van der Waals surface area contributed by atoms with Crippen LogP contribution in [0.4, 0.5) is 5.69 Å². The van der Waals surface area contributed by atoms with Gasteiger partial charge in [0.25, 0.3) is 0 Å². The highest BCUT2D eigenvalue weighted by Gasteiger charge is 2.16. The van der Waals surface area contributed by atoms with Gasteiger partial charge in [-0.1, -0.05) is 0 Å². The topological polar surface area (TPSA) is 116 Å².